The van der Waals surface area contributed by atoms with Crippen LogP contribution in [-0.2, 0) is 4.79 Å². The molecule has 0 atom stereocenters. The van der Waals surface area contributed by atoms with Crippen LogP contribution in [0.25, 0.3) is 10.8 Å². The maximum absolute atomic E-state index is 12.5. The van der Waals surface area contributed by atoms with Crippen molar-refractivity contribution in [2.24, 2.45) is 0 Å². The van der Waals surface area contributed by atoms with E-state index in [-0.39, 0.29) is 18.4 Å². The molecule has 2 aromatic carbocycles. The fraction of sp³-hybridized carbons (Fsp3) is 0.200. The van der Waals surface area contributed by atoms with Crippen LogP contribution in [0.5, 0.6) is 0 Å². The van der Waals surface area contributed by atoms with E-state index in [2.05, 4.69) is 5.32 Å². The highest BCUT2D eigenvalue weighted by Gasteiger charge is 2.23. The number of piperazine rings is 1. The Balaban J connectivity index is 1.98. The first-order valence-electron chi connectivity index (χ1n) is 6.49. The molecule has 20 heavy (non-hydrogen) atoms. The smallest absolute Gasteiger partial charge is 0.256 e. The Kier molecular flexibility index (Phi) is 3.02. The average molecular weight is 269 g/mol. The summed E-state index contributed by atoms with van der Waals surface area (Å²) in [5.74, 6) is -0.327. The maximum Gasteiger partial charge on any atom is 0.256 e. The van der Waals surface area contributed by atoms with Gasteiger partial charge in [-0.1, -0.05) is 24.3 Å². The number of nitrogens with one attached hydrogen (secondary N) is 1. The van der Waals surface area contributed by atoms with Crippen molar-refractivity contribution in [2.45, 2.75) is 0 Å². The molecule has 0 aliphatic carbocycles. The molecule has 5 heteroatoms. The third-order valence-corrected chi connectivity index (χ3v) is 3.47. The molecule has 1 heterocycles. The van der Waals surface area contributed by atoms with Gasteiger partial charge >= 0.3 is 0 Å². The summed E-state index contributed by atoms with van der Waals surface area (Å²) < 4.78 is 0. The molecule has 1 aliphatic heterocycles. The van der Waals surface area contributed by atoms with Crippen molar-refractivity contribution in [2.75, 3.05) is 25.4 Å². The summed E-state index contributed by atoms with van der Waals surface area (Å²) >= 11 is 0. The second-order valence-corrected chi connectivity index (χ2v) is 4.86. The Labute approximate surface area is 116 Å². The summed E-state index contributed by atoms with van der Waals surface area (Å²) in [6.45, 7) is 1.08. The lowest BCUT2D eigenvalue weighted by Crippen LogP contribution is -2.50. The van der Waals surface area contributed by atoms with Gasteiger partial charge in [-0.05, 0) is 22.9 Å². The number of nitrogen functional groups attached to an aromatic ring is 1. The Morgan fingerprint density at radius 3 is 2.60 bits per heavy atom. The lowest BCUT2D eigenvalue weighted by molar-refractivity contribution is -0.123. The number of fused-ring (bicyclic) bond motifs is 1. The van der Waals surface area contributed by atoms with Gasteiger partial charge in [-0.25, -0.2) is 0 Å². The topological polar surface area (TPSA) is 75.4 Å². The molecule has 0 saturated carbocycles. The summed E-state index contributed by atoms with van der Waals surface area (Å²) in [6.07, 6.45) is 0. The van der Waals surface area contributed by atoms with Crippen LogP contribution in [0.2, 0.25) is 0 Å². The van der Waals surface area contributed by atoms with Crippen LogP contribution in [0.1, 0.15) is 10.4 Å². The third kappa shape index (κ3) is 2.18. The molecule has 0 spiro atoms. The van der Waals surface area contributed by atoms with Gasteiger partial charge in [-0.15, -0.1) is 0 Å². The molecular formula is C15H15N3O2. The number of carbonyl (C=O) groups is 2. The normalized spacial score (nSPS) is 15.2. The lowest BCUT2D eigenvalue weighted by Gasteiger charge is -2.27. The predicted molar refractivity (Wildman–Crippen MR) is 77.3 cm³/mol. The van der Waals surface area contributed by atoms with Crippen LogP contribution in [0, 0.1) is 0 Å². The van der Waals surface area contributed by atoms with E-state index in [0.717, 1.165) is 10.8 Å². The molecule has 2 amide bonds. The SMILES string of the molecule is Nc1cc2ccccc2cc1C(=O)N1CCNC(=O)C1. The first kappa shape index (κ1) is 12.5. The van der Waals surface area contributed by atoms with Crippen LogP contribution in [0.15, 0.2) is 36.4 Å². The summed E-state index contributed by atoms with van der Waals surface area (Å²) in [5, 5.41) is 4.66. The molecule has 0 aromatic heterocycles. The third-order valence-electron chi connectivity index (χ3n) is 3.47. The molecule has 0 unspecified atom stereocenters. The summed E-state index contributed by atoms with van der Waals surface area (Å²) in [7, 11) is 0. The molecule has 1 saturated heterocycles. The minimum Gasteiger partial charge on any atom is -0.398 e. The van der Waals surface area contributed by atoms with Crippen LogP contribution >= 0.6 is 0 Å². The summed E-state index contributed by atoms with van der Waals surface area (Å²) in [4.78, 5) is 25.4. The number of rotatable bonds is 1. The molecule has 102 valence electrons. The van der Waals surface area contributed by atoms with Gasteiger partial charge < -0.3 is 16.0 Å². The Hall–Kier alpha value is -2.56. The average Bonchev–Trinajstić information content (AvgIpc) is 2.46. The van der Waals surface area contributed by atoms with Crippen molar-refractivity contribution in [3.63, 3.8) is 0 Å². The van der Waals surface area contributed by atoms with E-state index in [4.69, 9.17) is 5.73 Å². The van der Waals surface area contributed by atoms with Crippen molar-refractivity contribution >= 4 is 28.3 Å². The Morgan fingerprint density at radius 1 is 1.20 bits per heavy atom. The number of hydrogen-bond acceptors (Lipinski definition) is 3. The molecule has 1 fully saturated rings. The van der Waals surface area contributed by atoms with Crippen molar-refractivity contribution in [3.05, 3.63) is 42.0 Å². The van der Waals surface area contributed by atoms with Crippen molar-refractivity contribution in [1.29, 1.82) is 0 Å². The standard InChI is InChI=1S/C15H15N3O2/c16-13-8-11-4-2-1-3-10(11)7-12(13)15(20)18-6-5-17-14(19)9-18/h1-4,7-8H,5-6,9,16H2,(H,17,19). The lowest BCUT2D eigenvalue weighted by atomic mass is 10.0. The zero-order chi connectivity index (χ0) is 14.1. The zero-order valence-corrected chi connectivity index (χ0v) is 10.9. The van der Waals surface area contributed by atoms with Crippen LogP contribution in [0.3, 0.4) is 0 Å². The number of anilines is 1. The Morgan fingerprint density at radius 2 is 1.90 bits per heavy atom. The molecule has 1 aliphatic rings. The van der Waals surface area contributed by atoms with Gasteiger partial charge in [-0.3, -0.25) is 9.59 Å². The fourth-order valence-corrected chi connectivity index (χ4v) is 2.43. The molecule has 0 bridgehead atoms. The zero-order valence-electron chi connectivity index (χ0n) is 10.9. The molecule has 2 aromatic rings. The maximum atomic E-state index is 12.5. The first-order chi connectivity index (χ1) is 9.65. The van der Waals surface area contributed by atoms with E-state index in [1.54, 1.807) is 12.1 Å². The minimum atomic E-state index is -0.192. The van der Waals surface area contributed by atoms with Crippen LogP contribution < -0.4 is 11.1 Å². The largest absolute Gasteiger partial charge is 0.398 e. The molecular weight excluding hydrogens is 254 g/mol. The van der Waals surface area contributed by atoms with Gasteiger partial charge in [0, 0.05) is 18.8 Å². The molecule has 0 radical (unpaired) electrons. The predicted octanol–water partition coefficient (Wildman–Crippen LogP) is 0.994. The quantitative estimate of drug-likeness (QED) is 0.758. The number of carbonyl (C=O) groups excluding carboxylic acids is 2. The number of nitrogens with two attached hydrogens (primary N) is 1. The number of nitrogens with zero attached hydrogens (tertiary/aromatic N) is 1. The van der Waals surface area contributed by atoms with E-state index in [0.29, 0.717) is 24.3 Å². The van der Waals surface area contributed by atoms with Gasteiger partial charge in [0.1, 0.15) is 0 Å². The van der Waals surface area contributed by atoms with E-state index in [1.165, 1.54) is 4.90 Å². The van der Waals surface area contributed by atoms with E-state index >= 15 is 0 Å². The van der Waals surface area contributed by atoms with Crippen LogP contribution in [0.4, 0.5) is 5.69 Å². The molecule has 3 N–H and O–H groups in total. The fourth-order valence-electron chi connectivity index (χ4n) is 2.43. The van der Waals surface area contributed by atoms with E-state index in [1.807, 2.05) is 24.3 Å². The highest BCUT2D eigenvalue weighted by atomic mass is 16.2. The van der Waals surface area contributed by atoms with Crippen molar-refractivity contribution in [1.82, 2.24) is 10.2 Å². The van der Waals surface area contributed by atoms with Gasteiger partial charge in [0.15, 0.2) is 0 Å². The second-order valence-electron chi connectivity index (χ2n) is 4.86. The van der Waals surface area contributed by atoms with Gasteiger partial charge in [0.05, 0.1) is 12.1 Å². The van der Waals surface area contributed by atoms with Gasteiger partial charge in [-0.2, -0.15) is 0 Å². The van der Waals surface area contributed by atoms with E-state index in [9.17, 15) is 9.59 Å². The van der Waals surface area contributed by atoms with E-state index < -0.39 is 0 Å². The van der Waals surface area contributed by atoms with Gasteiger partial charge in [0.25, 0.3) is 5.91 Å². The first-order valence-corrected chi connectivity index (χ1v) is 6.49. The second kappa shape index (κ2) is 4.85. The van der Waals surface area contributed by atoms with Gasteiger partial charge in [0.2, 0.25) is 5.91 Å². The summed E-state index contributed by atoms with van der Waals surface area (Å²) in [5.41, 5.74) is 6.88. The number of amides is 2. The Bertz CT molecular complexity index is 697. The van der Waals surface area contributed by atoms with Crippen molar-refractivity contribution < 1.29 is 9.59 Å². The van der Waals surface area contributed by atoms with Crippen LogP contribution in [-0.4, -0.2) is 36.3 Å². The number of benzene rings is 2. The minimum absolute atomic E-state index is 0.0884. The monoisotopic (exact) mass is 269 g/mol. The molecule has 5 nitrogen and oxygen atoms in total. The van der Waals surface area contributed by atoms with Crippen molar-refractivity contribution in [3.8, 4) is 0 Å². The highest BCUT2D eigenvalue weighted by Crippen LogP contribution is 2.23. The summed E-state index contributed by atoms with van der Waals surface area (Å²) in [6, 6.07) is 11.3. The highest BCUT2D eigenvalue weighted by molar-refractivity contribution is 6.05. The number of hydrogen-bond donors (Lipinski definition) is 2. The molecule has 3 rings (SSSR count).